The Hall–Kier alpha value is -0.950. The summed E-state index contributed by atoms with van der Waals surface area (Å²) in [5.74, 6) is -0.0970. The van der Waals surface area contributed by atoms with Crippen LogP contribution in [0.5, 0.6) is 0 Å². The molecule has 0 saturated carbocycles. The van der Waals surface area contributed by atoms with Crippen molar-refractivity contribution >= 4 is 23.8 Å². The fourth-order valence-corrected chi connectivity index (χ4v) is 2.44. The molecule has 1 fully saturated rings. The summed E-state index contributed by atoms with van der Waals surface area (Å²) in [5.41, 5.74) is 0. The van der Waals surface area contributed by atoms with Crippen molar-refractivity contribution in [3.63, 3.8) is 0 Å². The van der Waals surface area contributed by atoms with Gasteiger partial charge in [-0.2, -0.15) is 11.8 Å². The number of likely N-dealkylation sites (tertiary alicyclic amines) is 1. The Morgan fingerprint density at radius 2 is 2.17 bits per heavy atom. The maximum absolute atomic E-state index is 12.1. The van der Waals surface area contributed by atoms with Gasteiger partial charge in [0.15, 0.2) is 0 Å². The van der Waals surface area contributed by atoms with E-state index in [9.17, 15) is 14.7 Å². The number of β-amino-alcohol motifs (C(OH)–C–C–N with tert-alkyl or cyclic N) is 1. The number of hydrogen-bond donors (Lipinski definition) is 2. The summed E-state index contributed by atoms with van der Waals surface area (Å²) in [6.45, 7) is 0.696. The van der Waals surface area contributed by atoms with Crippen LogP contribution in [0.2, 0.25) is 0 Å². The van der Waals surface area contributed by atoms with E-state index in [4.69, 9.17) is 5.11 Å². The number of carboxylic acid groups (broad SMARTS) is 1. The number of hydrogen-bond acceptors (Lipinski definition) is 4. The summed E-state index contributed by atoms with van der Waals surface area (Å²) in [5, 5.41) is 18.5. The number of carbonyl (C=O) groups excluding carboxylic acids is 1. The minimum atomic E-state index is -1.06. The van der Waals surface area contributed by atoms with Crippen LogP contribution >= 0.6 is 11.8 Å². The molecule has 1 aliphatic heterocycles. The van der Waals surface area contributed by atoms with Gasteiger partial charge >= 0.3 is 12.0 Å². The highest BCUT2D eigenvalue weighted by molar-refractivity contribution is 7.98. The molecule has 18 heavy (non-hydrogen) atoms. The van der Waals surface area contributed by atoms with E-state index in [2.05, 4.69) is 0 Å². The van der Waals surface area contributed by atoms with Crippen LogP contribution in [-0.2, 0) is 4.79 Å². The number of thioether (sulfide) groups is 1. The lowest BCUT2D eigenvalue weighted by Gasteiger charge is -2.27. The smallest absolute Gasteiger partial charge is 0.326 e. The summed E-state index contributed by atoms with van der Waals surface area (Å²) in [6.07, 6.45) is 2.24. The molecule has 2 atom stereocenters. The summed E-state index contributed by atoms with van der Waals surface area (Å²) in [4.78, 5) is 25.8. The number of rotatable bonds is 5. The molecule has 1 aliphatic rings. The quantitative estimate of drug-likeness (QED) is 0.706. The van der Waals surface area contributed by atoms with E-state index >= 15 is 0 Å². The molecule has 0 bridgehead atoms. The minimum Gasteiger partial charge on any atom is -0.480 e. The van der Waals surface area contributed by atoms with Crippen molar-refractivity contribution in [3.05, 3.63) is 0 Å². The zero-order valence-electron chi connectivity index (χ0n) is 10.7. The summed E-state index contributed by atoms with van der Waals surface area (Å²) in [6, 6.07) is -1.23. The number of nitrogens with zero attached hydrogens (tertiary/aromatic N) is 2. The zero-order valence-corrected chi connectivity index (χ0v) is 11.5. The third kappa shape index (κ3) is 3.78. The Morgan fingerprint density at radius 1 is 1.50 bits per heavy atom. The van der Waals surface area contributed by atoms with Gasteiger partial charge in [-0.05, 0) is 18.4 Å². The molecule has 0 unspecified atom stereocenters. The Morgan fingerprint density at radius 3 is 2.72 bits per heavy atom. The maximum atomic E-state index is 12.1. The van der Waals surface area contributed by atoms with Gasteiger partial charge in [-0.15, -0.1) is 0 Å². The van der Waals surface area contributed by atoms with Gasteiger partial charge in [-0.3, -0.25) is 0 Å². The number of urea groups is 1. The Bertz CT molecular complexity index is 313. The average molecular weight is 276 g/mol. The molecule has 7 heteroatoms. The number of aliphatic hydroxyl groups is 1. The first-order valence-corrected chi connectivity index (χ1v) is 7.28. The number of aliphatic hydroxyl groups excluding tert-OH is 1. The van der Waals surface area contributed by atoms with Gasteiger partial charge < -0.3 is 20.0 Å². The number of aliphatic carboxylic acids is 1. The normalized spacial score (nSPS) is 23.2. The fourth-order valence-electron chi connectivity index (χ4n) is 2.02. The van der Waals surface area contributed by atoms with E-state index in [1.54, 1.807) is 18.8 Å². The lowest BCUT2D eigenvalue weighted by atomic mass is 10.2. The largest absolute Gasteiger partial charge is 0.480 e. The highest BCUT2D eigenvalue weighted by Gasteiger charge is 2.39. The summed E-state index contributed by atoms with van der Waals surface area (Å²) >= 11 is 1.71. The number of carboxylic acids is 1. The molecule has 2 N–H and O–H groups in total. The second kappa shape index (κ2) is 6.84. The van der Waals surface area contributed by atoms with Crippen molar-refractivity contribution in [2.45, 2.75) is 25.0 Å². The number of amides is 2. The van der Waals surface area contributed by atoms with Crippen LogP contribution in [0.4, 0.5) is 4.79 Å². The van der Waals surface area contributed by atoms with Crippen molar-refractivity contribution < 1.29 is 19.8 Å². The van der Waals surface area contributed by atoms with Crippen LogP contribution in [0, 0.1) is 0 Å². The topological polar surface area (TPSA) is 81.1 Å². The molecule has 0 aromatic heterocycles. The second-order valence-corrected chi connectivity index (χ2v) is 5.43. The van der Waals surface area contributed by atoms with Gasteiger partial charge in [0.25, 0.3) is 0 Å². The molecule has 0 aromatic rings. The van der Waals surface area contributed by atoms with Crippen LogP contribution in [0.25, 0.3) is 0 Å². The standard InChI is InChI=1S/C11H20N2O4S/c1-12(4-3-5-18-2)11(17)13-7-8(14)6-9(13)10(15)16/h8-9,14H,3-7H2,1-2H3,(H,15,16)/t8-,9+/m1/s1. The SMILES string of the molecule is CSCCCN(C)C(=O)N1C[C@H](O)C[C@H]1C(=O)O. The van der Waals surface area contributed by atoms with E-state index in [-0.39, 0.29) is 19.0 Å². The van der Waals surface area contributed by atoms with Crippen molar-refractivity contribution in [2.24, 2.45) is 0 Å². The summed E-state index contributed by atoms with van der Waals surface area (Å²) in [7, 11) is 1.66. The Labute approximate surface area is 111 Å². The molecule has 1 heterocycles. The zero-order chi connectivity index (χ0) is 13.7. The van der Waals surface area contributed by atoms with Gasteiger partial charge in [-0.25, -0.2) is 9.59 Å². The van der Waals surface area contributed by atoms with E-state index in [0.717, 1.165) is 12.2 Å². The van der Waals surface area contributed by atoms with Crippen molar-refractivity contribution in [2.75, 3.05) is 32.1 Å². The molecule has 6 nitrogen and oxygen atoms in total. The number of carbonyl (C=O) groups is 2. The van der Waals surface area contributed by atoms with Crippen molar-refractivity contribution in [1.29, 1.82) is 0 Å². The monoisotopic (exact) mass is 276 g/mol. The summed E-state index contributed by atoms with van der Waals surface area (Å²) < 4.78 is 0. The third-order valence-electron chi connectivity index (χ3n) is 2.98. The van der Waals surface area contributed by atoms with Gasteiger partial charge in [0.05, 0.1) is 6.10 Å². The lowest BCUT2D eigenvalue weighted by Crippen LogP contribution is -2.47. The Kier molecular flexibility index (Phi) is 5.74. The fraction of sp³-hybridized carbons (Fsp3) is 0.818. The maximum Gasteiger partial charge on any atom is 0.326 e. The third-order valence-corrected chi connectivity index (χ3v) is 3.68. The average Bonchev–Trinajstić information content (AvgIpc) is 2.70. The molecule has 0 radical (unpaired) electrons. The predicted octanol–water partition coefficient (Wildman–Crippen LogP) is 0.311. The van der Waals surface area contributed by atoms with Crippen LogP contribution in [-0.4, -0.2) is 76.3 Å². The van der Waals surface area contributed by atoms with Gasteiger partial charge in [0.1, 0.15) is 6.04 Å². The van der Waals surface area contributed by atoms with Crippen molar-refractivity contribution in [1.82, 2.24) is 9.80 Å². The van der Waals surface area contributed by atoms with Gasteiger partial charge in [0.2, 0.25) is 0 Å². The van der Waals surface area contributed by atoms with Gasteiger partial charge in [0, 0.05) is 26.6 Å². The molecule has 104 valence electrons. The van der Waals surface area contributed by atoms with Crippen LogP contribution in [0.3, 0.4) is 0 Å². The van der Waals surface area contributed by atoms with E-state index < -0.39 is 18.1 Å². The first kappa shape index (κ1) is 15.1. The van der Waals surface area contributed by atoms with Crippen LogP contribution < -0.4 is 0 Å². The first-order chi connectivity index (χ1) is 8.47. The van der Waals surface area contributed by atoms with E-state index in [1.807, 2.05) is 6.26 Å². The highest BCUT2D eigenvalue weighted by Crippen LogP contribution is 2.19. The lowest BCUT2D eigenvalue weighted by molar-refractivity contribution is -0.141. The molecular weight excluding hydrogens is 256 g/mol. The molecule has 0 spiro atoms. The molecule has 1 saturated heterocycles. The van der Waals surface area contributed by atoms with Crippen LogP contribution in [0.15, 0.2) is 0 Å². The highest BCUT2D eigenvalue weighted by atomic mass is 32.2. The Balaban J connectivity index is 2.56. The van der Waals surface area contributed by atoms with E-state index in [0.29, 0.717) is 6.54 Å². The molecular formula is C11H20N2O4S. The predicted molar refractivity (Wildman–Crippen MR) is 69.8 cm³/mol. The molecule has 2 amide bonds. The minimum absolute atomic E-state index is 0.0999. The first-order valence-electron chi connectivity index (χ1n) is 5.89. The van der Waals surface area contributed by atoms with Gasteiger partial charge in [-0.1, -0.05) is 0 Å². The van der Waals surface area contributed by atoms with E-state index in [1.165, 1.54) is 9.80 Å². The second-order valence-electron chi connectivity index (χ2n) is 4.45. The van der Waals surface area contributed by atoms with Crippen molar-refractivity contribution in [3.8, 4) is 0 Å². The molecule has 1 rings (SSSR count). The van der Waals surface area contributed by atoms with Crippen LogP contribution in [0.1, 0.15) is 12.8 Å². The molecule has 0 aromatic carbocycles. The molecule has 0 aliphatic carbocycles.